The fourth-order valence-corrected chi connectivity index (χ4v) is 2.30. The Bertz CT molecular complexity index is 796. The van der Waals surface area contributed by atoms with Crippen LogP contribution >= 0.6 is 11.3 Å². The molecule has 22 heavy (non-hydrogen) atoms. The lowest BCUT2D eigenvalue weighted by atomic mass is 10.2. The van der Waals surface area contributed by atoms with Crippen LogP contribution in [0.15, 0.2) is 45.3 Å². The van der Waals surface area contributed by atoms with E-state index in [2.05, 4.69) is 25.4 Å². The number of thiazole rings is 1. The number of nitrogens with zero attached hydrogens (tertiary/aromatic N) is 6. The van der Waals surface area contributed by atoms with Gasteiger partial charge in [0.15, 0.2) is 11.4 Å². The number of aromatic hydroxyl groups is 1. The van der Waals surface area contributed by atoms with Gasteiger partial charge in [-0.05, 0) is 12.1 Å². The Hall–Kier alpha value is -2.81. The van der Waals surface area contributed by atoms with Crippen molar-refractivity contribution in [2.24, 2.45) is 10.2 Å². The van der Waals surface area contributed by atoms with Gasteiger partial charge in [0.1, 0.15) is 5.00 Å². The Balaban J connectivity index is 1.92. The molecular formula is C13H12N6O2S. The van der Waals surface area contributed by atoms with Crippen LogP contribution in [0.4, 0.5) is 15.8 Å². The molecule has 0 radical (unpaired) electrons. The molecule has 0 bridgehead atoms. The molecule has 0 aromatic carbocycles. The van der Waals surface area contributed by atoms with E-state index >= 15 is 0 Å². The van der Waals surface area contributed by atoms with Crippen molar-refractivity contribution < 1.29 is 9.63 Å². The molecule has 1 N–H and O–H groups in total. The summed E-state index contributed by atoms with van der Waals surface area (Å²) in [6.45, 7) is 0. The van der Waals surface area contributed by atoms with Gasteiger partial charge in [-0.1, -0.05) is 22.6 Å². The summed E-state index contributed by atoms with van der Waals surface area (Å²) in [5.41, 5.74) is 0.986. The van der Waals surface area contributed by atoms with Crippen molar-refractivity contribution in [3.05, 3.63) is 30.6 Å². The Labute approximate surface area is 129 Å². The summed E-state index contributed by atoms with van der Waals surface area (Å²) in [4.78, 5) is 10.2. The van der Waals surface area contributed by atoms with Crippen molar-refractivity contribution in [2.75, 3.05) is 19.0 Å². The molecule has 0 spiro atoms. The highest BCUT2D eigenvalue weighted by Crippen LogP contribution is 2.38. The molecule has 3 heterocycles. The molecule has 9 heteroatoms. The first-order chi connectivity index (χ1) is 10.6. The van der Waals surface area contributed by atoms with Crippen LogP contribution in [0.3, 0.4) is 0 Å². The predicted molar refractivity (Wildman–Crippen MR) is 82.0 cm³/mol. The molecule has 0 amide bonds. The van der Waals surface area contributed by atoms with Crippen LogP contribution in [0.2, 0.25) is 0 Å². The van der Waals surface area contributed by atoms with Crippen LogP contribution in [0.5, 0.6) is 5.95 Å². The summed E-state index contributed by atoms with van der Waals surface area (Å²) in [6, 6.07) is 5.33. The maximum Gasteiger partial charge on any atom is 0.337 e. The Kier molecular flexibility index (Phi) is 3.79. The van der Waals surface area contributed by atoms with Crippen LogP contribution in [0.1, 0.15) is 0 Å². The summed E-state index contributed by atoms with van der Waals surface area (Å²) >= 11 is 1.38. The standard InChI is InChI=1S/C13H12N6O2S/c1-19(2)9-7-15-13(22-9)17-16-11-10(18-21-12(11)20)8-5-3-4-6-14-8/h3-7,20H,1-2H3. The number of anilines is 1. The van der Waals surface area contributed by atoms with Crippen molar-refractivity contribution in [3.63, 3.8) is 0 Å². The highest BCUT2D eigenvalue weighted by Gasteiger charge is 2.18. The van der Waals surface area contributed by atoms with E-state index in [-0.39, 0.29) is 5.69 Å². The van der Waals surface area contributed by atoms with E-state index in [1.54, 1.807) is 30.6 Å². The van der Waals surface area contributed by atoms with Gasteiger partial charge < -0.3 is 14.5 Å². The van der Waals surface area contributed by atoms with Crippen molar-refractivity contribution in [2.45, 2.75) is 0 Å². The van der Waals surface area contributed by atoms with Crippen LogP contribution in [0.25, 0.3) is 11.4 Å². The molecule has 0 unspecified atom stereocenters. The second-order valence-corrected chi connectivity index (χ2v) is 5.46. The highest BCUT2D eigenvalue weighted by atomic mass is 32.1. The Morgan fingerprint density at radius 1 is 1.23 bits per heavy atom. The topological polar surface area (TPSA) is 100 Å². The van der Waals surface area contributed by atoms with E-state index in [0.29, 0.717) is 16.5 Å². The molecular weight excluding hydrogens is 304 g/mol. The van der Waals surface area contributed by atoms with Gasteiger partial charge in [0, 0.05) is 20.3 Å². The Morgan fingerprint density at radius 3 is 2.77 bits per heavy atom. The quantitative estimate of drug-likeness (QED) is 0.741. The van der Waals surface area contributed by atoms with Gasteiger partial charge in [-0.15, -0.1) is 10.2 Å². The average molecular weight is 316 g/mol. The van der Waals surface area contributed by atoms with Gasteiger partial charge in [-0.2, -0.15) is 0 Å². The zero-order valence-corrected chi connectivity index (χ0v) is 12.7. The van der Waals surface area contributed by atoms with Gasteiger partial charge in [-0.25, -0.2) is 4.98 Å². The van der Waals surface area contributed by atoms with Gasteiger partial charge in [0.25, 0.3) is 0 Å². The smallest absolute Gasteiger partial charge is 0.337 e. The van der Waals surface area contributed by atoms with E-state index in [4.69, 9.17) is 4.52 Å². The minimum absolute atomic E-state index is 0.125. The van der Waals surface area contributed by atoms with Gasteiger partial charge in [0.2, 0.25) is 5.13 Å². The van der Waals surface area contributed by atoms with Gasteiger partial charge >= 0.3 is 5.95 Å². The lowest BCUT2D eigenvalue weighted by molar-refractivity contribution is 0.279. The lowest BCUT2D eigenvalue weighted by Crippen LogP contribution is -2.05. The number of hydrogen-bond donors (Lipinski definition) is 1. The molecule has 3 aromatic heterocycles. The third-order valence-corrected chi connectivity index (χ3v) is 3.76. The monoisotopic (exact) mass is 316 g/mol. The van der Waals surface area contributed by atoms with Crippen LogP contribution in [0, 0.1) is 0 Å². The summed E-state index contributed by atoms with van der Waals surface area (Å²) in [5, 5.41) is 22.9. The van der Waals surface area contributed by atoms with E-state index < -0.39 is 5.95 Å². The number of pyridine rings is 1. The highest BCUT2D eigenvalue weighted by molar-refractivity contribution is 7.19. The summed E-state index contributed by atoms with van der Waals surface area (Å²) in [7, 11) is 3.83. The fraction of sp³-hybridized carbons (Fsp3) is 0.154. The number of aromatic nitrogens is 3. The zero-order valence-electron chi connectivity index (χ0n) is 11.8. The number of rotatable bonds is 4. The average Bonchev–Trinajstić information content (AvgIpc) is 3.13. The molecule has 0 aliphatic carbocycles. The number of azo groups is 1. The van der Waals surface area contributed by atoms with E-state index in [9.17, 15) is 5.11 Å². The molecule has 0 fully saturated rings. The first-order valence-corrected chi connectivity index (χ1v) is 7.11. The third kappa shape index (κ3) is 2.79. The van der Waals surface area contributed by atoms with Crippen LogP contribution < -0.4 is 4.90 Å². The fourth-order valence-electron chi connectivity index (χ4n) is 1.64. The third-order valence-electron chi connectivity index (χ3n) is 2.72. The first-order valence-electron chi connectivity index (χ1n) is 6.30. The van der Waals surface area contributed by atoms with E-state index in [1.165, 1.54) is 11.3 Å². The van der Waals surface area contributed by atoms with E-state index in [0.717, 1.165) is 5.00 Å². The van der Waals surface area contributed by atoms with Gasteiger partial charge in [0.05, 0.1) is 11.9 Å². The maximum absolute atomic E-state index is 9.73. The molecule has 0 saturated carbocycles. The first kappa shape index (κ1) is 14.1. The number of hydrogen-bond acceptors (Lipinski definition) is 9. The van der Waals surface area contributed by atoms with Crippen molar-refractivity contribution in [1.82, 2.24) is 15.1 Å². The summed E-state index contributed by atoms with van der Waals surface area (Å²) < 4.78 is 4.77. The molecule has 8 nitrogen and oxygen atoms in total. The molecule has 0 aliphatic rings. The van der Waals surface area contributed by atoms with Crippen LogP contribution in [-0.2, 0) is 0 Å². The molecule has 112 valence electrons. The predicted octanol–water partition coefficient (Wildman–Crippen LogP) is 3.38. The second-order valence-electron chi connectivity index (χ2n) is 4.48. The lowest BCUT2D eigenvalue weighted by Gasteiger charge is -2.05. The minimum Gasteiger partial charge on any atom is -0.478 e. The molecule has 0 saturated heterocycles. The van der Waals surface area contributed by atoms with Crippen LogP contribution in [-0.4, -0.2) is 34.3 Å². The normalized spacial score (nSPS) is 11.2. The SMILES string of the molecule is CN(C)c1cnc(N=Nc2c(-c3ccccn3)noc2O)s1. The molecule has 0 atom stereocenters. The maximum atomic E-state index is 9.73. The van der Waals surface area contributed by atoms with E-state index in [1.807, 2.05) is 19.0 Å². The minimum atomic E-state index is -0.409. The summed E-state index contributed by atoms with van der Waals surface area (Å²) in [5.74, 6) is -0.409. The van der Waals surface area contributed by atoms with Crippen molar-refractivity contribution in [3.8, 4) is 17.3 Å². The molecule has 0 aliphatic heterocycles. The van der Waals surface area contributed by atoms with Gasteiger partial charge in [-0.3, -0.25) is 4.98 Å². The molecule has 3 aromatic rings. The Morgan fingerprint density at radius 2 is 2.09 bits per heavy atom. The van der Waals surface area contributed by atoms with Crippen molar-refractivity contribution in [1.29, 1.82) is 0 Å². The largest absolute Gasteiger partial charge is 0.478 e. The van der Waals surface area contributed by atoms with Crippen molar-refractivity contribution >= 4 is 27.2 Å². The second kappa shape index (κ2) is 5.90. The molecule has 3 rings (SSSR count). The summed E-state index contributed by atoms with van der Waals surface area (Å²) in [6.07, 6.45) is 3.32. The zero-order chi connectivity index (χ0) is 15.5.